The van der Waals surface area contributed by atoms with Gasteiger partial charge in [0, 0.05) is 23.6 Å². The highest BCUT2D eigenvalue weighted by molar-refractivity contribution is 6.08. The zero-order chi connectivity index (χ0) is 14.3. The van der Waals surface area contributed by atoms with E-state index in [1.807, 2.05) is 36.9 Å². The number of nitrogens with one attached hydrogen (secondary N) is 1. The molecule has 1 aromatic carbocycles. The molecule has 0 fully saturated rings. The van der Waals surface area contributed by atoms with Gasteiger partial charge in [0.2, 0.25) is 0 Å². The fourth-order valence-electron chi connectivity index (χ4n) is 2.86. The Morgan fingerprint density at radius 1 is 1.40 bits per heavy atom. The van der Waals surface area contributed by atoms with Crippen LogP contribution >= 0.6 is 0 Å². The number of anilines is 2. The molecular formula is C15H18N4O. The molecule has 0 spiro atoms. The molecule has 5 heteroatoms. The van der Waals surface area contributed by atoms with E-state index in [-0.39, 0.29) is 5.91 Å². The lowest BCUT2D eigenvalue weighted by molar-refractivity contribution is 0.0984. The average Bonchev–Trinajstić information content (AvgIpc) is 2.77. The van der Waals surface area contributed by atoms with E-state index in [1.165, 1.54) is 0 Å². The van der Waals surface area contributed by atoms with Crippen LogP contribution in [0.4, 0.5) is 11.4 Å². The Morgan fingerprint density at radius 2 is 2.20 bits per heavy atom. The van der Waals surface area contributed by atoms with Crippen LogP contribution in [0.3, 0.4) is 0 Å². The number of aromatic amines is 1. The summed E-state index contributed by atoms with van der Waals surface area (Å²) in [5.74, 6) is 0.000278. The standard InChI is InChI=1S/C15H18N4O/c1-9-14(10(2)18-17-9)15(20)19-8-4-5-11-12(16)6-3-7-13(11)19/h3,6-7H,4-5,8,16H2,1-2H3,(H,17,18). The van der Waals surface area contributed by atoms with Crippen molar-refractivity contribution in [2.24, 2.45) is 0 Å². The lowest BCUT2D eigenvalue weighted by atomic mass is 9.99. The number of hydrogen-bond donors (Lipinski definition) is 2. The van der Waals surface area contributed by atoms with Crippen molar-refractivity contribution < 1.29 is 4.79 Å². The predicted molar refractivity (Wildman–Crippen MR) is 78.9 cm³/mol. The first-order chi connectivity index (χ1) is 9.59. The van der Waals surface area contributed by atoms with E-state index in [0.29, 0.717) is 5.56 Å². The van der Waals surface area contributed by atoms with Gasteiger partial charge in [-0.15, -0.1) is 0 Å². The fraction of sp³-hybridized carbons (Fsp3) is 0.333. The first-order valence-corrected chi connectivity index (χ1v) is 6.80. The van der Waals surface area contributed by atoms with Crippen LogP contribution in [0.15, 0.2) is 18.2 Å². The van der Waals surface area contributed by atoms with Crippen molar-refractivity contribution in [2.45, 2.75) is 26.7 Å². The van der Waals surface area contributed by atoms with Crippen LogP contribution in [-0.4, -0.2) is 22.6 Å². The smallest absolute Gasteiger partial charge is 0.262 e. The molecule has 0 aliphatic carbocycles. The molecule has 1 aromatic heterocycles. The summed E-state index contributed by atoms with van der Waals surface area (Å²) < 4.78 is 0. The number of nitrogens with zero attached hydrogens (tertiary/aromatic N) is 2. The topological polar surface area (TPSA) is 75.0 Å². The van der Waals surface area contributed by atoms with Crippen molar-refractivity contribution in [2.75, 3.05) is 17.2 Å². The number of benzene rings is 1. The predicted octanol–water partition coefficient (Wildman–Crippen LogP) is 2.20. The fourth-order valence-corrected chi connectivity index (χ4v) is 2.86. The van der Waals surface area contributed by atoms with Crippen LogP contribution in [0.2, 0.25) is 0 Å². The van der Waals surface area contributed by atoms with Gasteiger partial charge < -0.3 is 10.6 Å². The van der Waals surface area contributed by atoms with E-state index in [2.05, 4.69) is 10.2 Å². The Bertz CT molecular complexity index is 655. The summed E-state index contributed by atoms with van der Waals surface area (Å²) in [6.45, 7) is 4.44. The van der Waals surface area contributed by atoms with Gasteiger partial charge in [0.05, 0.1) is 11.3 Å². The second-order valence-corrected chi connectivity index (χ2v) is 5.21. The highest BCUT2D eigenvalue weighted by atomic mass is 16.2. The minimum Gasteiger partial charge on any atom is -0.398 e. The van der Waals surface area contributed by atoms with E-state index >= 15 is 0 Å². The van der Waals surface area contributed by atoms with Gasteiger partial charge in [-0.25, -0.2) is 0 Å². The van der Waals surface area contributed by atoms with Crippen molar-refractivity contribution in [3.8, 4) is 0 Å². The molecule has 5 nitrogen and oxygen atoms in total. The van der Waals surface area contributed by atoms with Gasteiger partial charge in [0.25, 0.3) is 5.91 Å². The first-order valence-electron chi connectivity index (χ1n) is 6.80. The summed E-state index contributed by atoms with van der Waals surface area (Å²) in [4.78, 5) is 14.6. The maximum absolute atomic E-state index is 12.8. The van der Waals surface area contributed by atoms with E-state index in [0.717, 1.165) is 47.7 Å². The SMILES string of the molecule is Cc1n[nH]c(C)c1C(=O)N1CCCc2c(N)cccc21. The molecule has 104 valence electrons. The van der Waals surface area contributed by atoms with Gasteiger partial charge >= 0.3 is 0 Å². The molecule has 1 aliphatic heterocycles. The largest absolute Gasteiger partial charge is 0.398 e. The number of hydrogen-bond acceptors (Lipinski definition) is 3. The highest BCUT2D eigenvalue weighted by Gasteiger charge is 2.27. The highest BCUT2D eigenvalue weighted by Crippen LogP contribution is 2.32. The summed E-state index contributed by atoms with van der Waals surface area (Å²) >= 11 is 0. The lowest BCUT2D eigenvalue weighted by Crippen LogP contribution is -2.36. The second kappa shape index (κ2) is 4.67. The zero-order valence-corrected chi connectivity index (χ0v) is 11.7. The number of H-pyrrole nitrogens is 1. The molecule has 1 aliphatic rings. The molecule has 20 heavy (non-hydrogen) atoms. The molecule has 2 heterocycles. The second-order valence-electron chi connectivity index (χ2n) is 5.21. The summed E-state index contributed by atoms with van der Waals surface area (Å²) in [5.41, 5.74) is 11.0. The number of nitrogen functional groups attached to an aromatic ring is 1. The number of carbonyl (C=O) groups excluding carboxylic acids is 1. The molecule has 2 aromatic rings. The summed E-state index contributed by atoms with van der Waals surface area (Å²) in [6.07, 6.45) is 1.86. The van der Waals surface area contributed by atoms with E-state index in [9.17, 15) is 4.79 Å². The summed E-state index contributed by atoms with van der Waals surface area (Å²) in [5, 5.41) is 6.98. The van der Waals surface area contributed by atoms with Crippen LogP contribution < -0.4 is 10.6 Å². The Labute approximate surface area is 117 Å². The Morgan fingerprint density at radius 3 is 2.90 bits per heavy atom. The molecule has 0 atom stereocenters. The molecule has 3 N–H and O–H groups in total. The number of carbonyl (C=O) groups is 1. The van der Waals surface area contributed by atoms with Gasteiger partial charge in [-0.3, -0.25) is 9.89 Å². The van der Waals surface area contributed by atoms with Crippen LogP contribution in [0.25, 0.3) is 0 Å². The van der Waals surface area contributed by atoms with Gasteiger partial charge in [-0.2, -0.15) is 5.10 Å². The minimum absolute atomic E-state index is 0.000278. The van der Waals surface area contributed by atoms with Crippen LogP contribution in [0.5, 0.6) is 0 Å². The molecule has 3 rings (SSSR count). The van der Waals surface area contributed by atoms with E-state index in [1.54, 1.807) is 0 Å². The van der Waals surface area contributed by atoms with Crippen molar-refractivity contribution in [1.82, 2.24) is 10.2 Å². The molecule has 0 saturated heterocycles. The molecule has 1 amide bonds. The third-order valence-electron chi connectivity index (χ3n) is 3.87. The van der Waals surface area contributed by atoms with Crippen molar-refractivity contribution in [1.29, 1.82) is 0 Å². The maximum atomic E-state index is 12.8. The number of fused-ring (bicyclic) bond motifs is 1. The molecule has 0 unspecified atom stereocenters. The van der Waals surface area contributed by atoms with E-state index < -0.39 is 0 Å². The molecular weight excluding hydrogens is 252 g/mol. The maximum Gasteiger partial charge on any atom is 0.262 e. The average molecular weight is 270 g/mol. The Balaban J connectivity index is 2.05. The number of rotatable bonds is 1. The summed E-state index contributed by atoms with van der Waals surface area (Å²) in [7, 11) is 0. The Kier molecular flexibility index (Phi) is 2.97. The van der Waals surface area contributed by atoms with Crippen molar-refractivity contribution in [3.05, 3.63) is 40.7 Å². The van der Waals surface area contributed by atoms with Gasteiger partial charge in [0.15, 0.2) is 0 Å². The normalized spacial score (nSPS) is 14.2. The number of nitrogens with two attached hydrogens (primary N) is 1. The third kappa shape index (κ3) is 1.86. The van der Waals surface area contributed by atoms with Crippen molar-refractivity contribution >= 4 is 17.3 Å². The molecule has 0 saturated carbocycles. The molecule has 0 bridgehead atoms. The minimum atomic E-state index is 0.000278. The van der Waals surface area contributed by atoms with E-state index in [4.69, 9.17) is 5.73 Å². The first kappa shape index (κ1) is 12.7. The van der Waals surface area contributed by atoms with Gasteiger partial charge in [0.1, 0.15) is 0 Å². The molecule has 0 radical (unpaired) electrons. The number of amides is 1. The number of aromatic nitrogens is 2. The van der Waals surface area contributed by atoms with Crippen molar-refractivity contribution in [3.63, 3.8) is 0 Å². The summed E-state index contributed by atoms with van der Waals surface area (Å²) in [6, 6.07) is 5.75. The lowest BCUT2D eigenvalue weighted by Gasteiger charge is -2.30. The zero-order valence-electron chi connectivity index (χ0n) is 11.7. The van der Waals surface area contributed by atoms with Crippen LogP contribution in [-0.2, 0) is 6.42 Å². The van der Waals surface area contributed by atoms with Gasteiger partial charge in [-0.1, -0.05) is 6.07 Å². The van der Waals surface area contributed by atoms with Gasteiger partial charge in [-0.05, 0) is 44.4 Å². The monoisotopic (exact) mass is 270 g/mol. The quantitative estimate of drug-likeness (QED) is 0.780. The van der Waals surface area contributed by atoms with Crippen LogP contribution in [0.1, 0.15) is 33.7 Å². The van der Waals surface area contributed by atoms with Crippen LogP contribution in [0, 0.1) is 13.8 Å². The Hall–Kier alpha value is -2.30. The number of aryl methyl sites for hydroxylation is 2. The third-order valence-corrected chi connectivity index (χ3v) is 3.87.